The molecule has 1 unspecified atom stereocenters. The number of rotatable bonds is 7. The Labute approximate surface area is 159 Å². The van der Waals surface area contributed by atoms with Gasteiger partial charge in [-0.15, -0.1) is 0 Å². The molecule has 27 heavy (non-hydrogen) atoms. The van der Waals surface area contributed by atoms with Gasteiger partial charge in [0.05, 0.1) is 0 Å². The monoisotopic (exact) mass is 368 g/mol. The normalized spacial score (nSPS) is 14.1. The third-order valence-corrected chi connectivity index (χ3v) is 3.98. The van der Waals surface area contributed by atoms with Gasteiger partial charge in [-0.25, -0.2) is 9.59 Å². The highest BCUT2D eigenvalue weighted by Crippen LogP contribution is 2.28. The van der Waals surface area contributed by atoms with E-state index in [1.54, 1.807) is 24.3 Å². The van der Waals surface area contributed by atoms with Crippen molar-refractivity contribution in [1.29, 1.82) is 0 Å². The maximum Gasteiger partial charge on any atom is 0.344 e. The van der Waals surface area contributed by atoms with Gasteiger partial charge in [0.15, 0.2) is 6.10 Å². The molecule has 3 rings (SSSR count). The molecule has 0 aromatic heterocycles. The van der Waals surface area contributed by atoms with E-state index >= 15 is 0 Å². The van der Waals surface area contributed by atoms with E-state index < -0.39 is 18.0 Å². The van der Waals surface area contributed by atoms with Gasteiger partial charge < -0.3 is 14.6 Å². The molecule has 0 bridgehead atoms. The molecule has 0 aliphatic carbocycles. The first-order valence-corrected chi connectivity index (χ1v) is 9.04. The predicted molar refractivity (Wildman–Crippen MR) is 103 cm³/mol. The molecule has 0 spiro atoms. The van der Waals surface area contributed by atoms with Gasteiger partial charge in [0.25, 0.3) is 0 Å². The number of hydrogen-bond donors (Lipinski definition) is 1. The van der Waals surface area contributed by atoms with Crippen molar-refractivity contribution in [2.75, 3.05) is 6.61 Å². The summed E-state index contributed by atoms with van der Waals surface area (Å²) in [6.45, 7) is 3.96. The Kier molecular flexibility index (Phi) is 7.62. The Morgan fingerprint density at radius 3 is 2.26 bits per heavy atom. The summed E-state index contributed by atoms with van der Waals surface area (Å²) >= 11 is 0. The van der Waals surface area contributed by atoms with Gasteiger partial charge in [0, 0.05) is 0 Å². The molecule has 1 aliphatic heterocycles. The van der Waals surface area contributed by atoms with Gasteiger partial charge >= 0.3 is 11.9 Å². The molecule has 0 fully saturated rings. The minimum Gasteiger partial charge on any atom is -0.479 e. The van der Waals surface area contributed by atoms with Crippen LogP contribution >= 0.6 is 0 Å². The Morgan fingerprint density at radius 2 is 1.67 bits per heavy atom. The standard InChI is InChI=1S/C20H18O5.C2H6/c21-19(22)16(12-11-14-7-3-1-4-8-14)25-17-13-24-20(23)18(17)15-9-5-2-6-10-15;1-2/h1-10,16H,11-13H2,(H,21,22);1-2H3. The quantitative estimate of drug-likeness (QED) is 0.746. The summed E-state index contributed by atoms with van der Waals surface area (Å²) < 4.78 is 10.7. The van der Waals surface area contributed by atoms with Crippen molar-refractivity contribution in [2.45, 2.75) is 32.8 Å². The van der Waals surface area contributed by atoms with Gasteiger partial charge in [0.1, 0.15) is 17.9 Å². The molecule has 1 aliphatic rings. The third-order valence-electron chi connectivity index (χ3n) is 3.98. The highest BCUT2D eigenvalue weighted by Gasteiger charge is 2.31. The summed E-state index contributed by atoms with van der Waals surface area (Å²) in [6.07, 6.45) is -0.164. The van der Waals surface area contributed by atoms with Crippen molar-refractivity contribution in [3.63, 3.8) is 0 Å². The second-order valence-corrected chi connectivity index (χ2v) is 5.71. The number of aryl methyl sites for hydroxylation is 1. The average molecular weight is 368 g/mol. The molecule has 0 amide bonds. The van der Waals surface area contributed by atoms with Crippen molar-refractivity contribution in [2.24, 2.45) is 0 Å². The predicted octanol–water partition coefficient (Wildman–Crippen LogP) is 4.08. The Hall–Kier alpha value is -3.08. The van der Waals surface area contributed by atoms with Gasteiger partial charge in [0.2, 0.25) is 0 Å². The maximum absolute atomic E-state index is 12.0. The lowest BCUT2D eigenvalue weighted by molar-refractivity contribution is -0.148. The summed E-state index contributed by atoms with van der Waals surface area (Å²) in [4.78, 5) is 23.6. The number of carboxylic acids is 1. The lowest BCUT2D eigenvalue weighted by Crippen LogP contribution is -2.25. The van der Waals surface area contributed by atoms with Gasteiger partial charge in [-0.3, -0.25) is 0 Å². The molecule has 2 aromatic carbocycles. The van der Waals surface area contributed by atoms with Crippen LogP contribution in [-0.2, 0) is 25.5 Å². The van der Waals surface area contributed by atoms with E-state index in [2.05, 4.69) is 0 Å². The van der Waals surface area contributed by atoms with Crippen LogP contribution in [0.25, 0.3) is 5.57 Å². The summed E-state index contributed by atoms with van der Waals surface area (Å²) in [6, 6.07) is 18.6. The maximum atomic E-state index is 12.0. The number of carbonyl (C=O) groups excluding carboxylic acids is 1. The number of carboxylic acid groups (broad SMARTS) is 1. The zero-order valence-electron chi connectivity index (χ0n) is 15.6. The number of hydrogen-bond acceptors (Lipinski definition) is 4. The number of ether oxygens (including phenoxy) is 2. The largest absolute Gasteiger partial charge is 0.479 e. The van der Waals surface area contributed by atoms with Crippen LogP contribution in [-0.4, -0.2) is 29.8 Å². The minimum absolute atomic E-state index is 0.0435. The van der Waals surface area contributed by atoms with E-state index in [0.717, 1.165) is 5.56 Å². The zero-order valence-corrected chi connectivity index (χ0v) is 15.6. The van der Waals surface area contributed by atoms with Gasteiger partial charge in [-0.05, 0) is 24.0 Å². The SMILES string of the molecule is CC.O=C1OCC(OC(CCc2ccccc2)C(=O)O)=C1c1ccccc1. The molecule has 2 aromatic rings. The Bertz CT molecular complexity index is 781. The van der Waals surface area contributed by atoms with Gasteiger partial charge in [-0.2, -0.15) is 0 Å². The molecule has 5 nitrogen and oxygen atoms in total. The average Bonchev–Trinajstić information content (AvgIpc) is 3.08. The molecule has 1 atom stereocenters. The van der Waals surface area contributed by atoms with Crippen molar-refractivity contribution in [3.05, 3.63) is 77.5 Å². The lowest BCUT2D eigenvalue weighted by atomic mass is 10.1. The Balaban J connectivity index is 0.00000126. The van der Waals surface area contributed by atoms with Crippen LogP contribution in [0.15, 0.2) is 66.4 Å². The first-order valence-electron chi connectivity index (χ1n) is 9.04. The van der Waals surface area contributed by atoms with Crippen LogP contribution in [0.5, 0.6) is 0 Å². The summed E-state index contributed by atoms with van der Waals surface area (Å²) in [5, 5.41) is 9.46. The number of benzene rings is 2. The first kappa shape index (κ1) is 20.2. The fraction of sp³-hybridized carbons (Fsp3) is 0.273. The highest BCUT2D eigenvalue weighted by atomic mass is 16.6. The van der Waals surface area contributed by atoms with Crippen molar-refractivity contribution in [3.8, 4) is 0 Å². The lowest BCUT2D eigenvalue weighted by Gasteiger charge is -2.16. The molecule has 0 saturated carbocycles. The molecular formula is C22H24O5. The fourth-order valence-electron chi connectivity index (χ4n) is 2.71. The van der Waals surface area contributed by atoms with Crippen LogP contribution in [0.1, 0.15) is 31.4 Å². The molecule has 1 heterocycles. The summed E-state index contributed by atoms with van der Waals surface area (Å²) in [5.41, 5.74) is 1.99. The Morgan fingerprint density at radius 1 is 1.07 bits per heavy atom. The molecule has 5 heteroatoms. The van der Waals surface area contributed by atoms with Crippen molar-refractivity contribution >= 4 is 17.5 Å². The number of esters is 1. The highest BCUT2D eigenvalue weighted by molar-refractivity contribution is 6.18. The second kappa shape index (κ2) is 10.2. The smallest absolute Gasteiger partial charge is 0.344 e. The molecule has 1 N–H and O–H groups in total. The van der Waals surface area contributed by atoms with Crippen LogP contribution in [0.4, 0.5) is 0 Å². The van der Waals surface area contributed by atoms with Crippen molar-refractivity contribution in [1.82, 2.24) is 0 Å². The van der Waals surface area contributed by atoms with E-state index in [-0.39, 0.29) is 12.4 Å². The number of aliphatic carboxylic acids is 1. The van der Waals surface area contributed by atoms with Crippen LogP contribution < -0.4 is 0 Å². The second-order valence-electron chi connectivity index (χ2n) is 5.71. The van der Waals surface area contributed by atoms with Crippen LogP contribution in [0, 0.1) is 0 Å². The van der Waals surface area contributed by atoms with E-state index in [9.17, 15) is 14.7 Å². The van der Waals surface area contributed by atoms with Crippen molar-refractivity contribution < 1.29 is 24.2 Å². The third kappa shape index (κ3) is 5.45. The molecular weight excluding hydrogens is 344 g/mol. The number of carbonyl (C=O) groups is 2. The van der Waals surface area contributed by atoms with E-state index in [1.807, 2.05) is 50.2 Å². The molecule has 0 saturated heterocycles. The molecule has 142 valence electrons. The topological polar surface area (TPSA) is 72.8 Å². The van der Waals surface area contributed by atoms with E-state index in [1.165, 1.54) is 0 Å². The van der Waals surface area contributed by atoms with Gasteiger partial charge in [-0.1, -0.05) is 74.5 Å². The van der Waals surface area contributed by atoms with E-state index in [4.69, 9.17) is 9.47 Å². The number of cyclic esters (lactones) is 1. The zero-order chi connectivity index (χ0) is 19.6. The molecule has 0 radical (unpaired) electrons. The summed E-state index contributed by atoms with van der Waals surface area (Å²) in [7, 11) is 0. The van der Waals surface area contributed by atoms with Crippen LogP contribution in [0.3, 0.4) is 0 Å². The first-order chi connectivity index (χ1) is 13.1. The van der Waals surface area contributed by atoms with E-state index in [0.29, 0.717) is 24.0 Å². The minimum atomic E-state index is -1.06. The van der Waals surface area contributed by atoms with Crippen LogP contribution in [0.2, 0.25) is 0 Å². The summed E-state index contributed by atoms with van der Waals surface area (Å²) in [5.74, 6) is -1.28. The fourth-order valence-corrected chi connectivity index (χ4v) is 2.71.